The van der Waals surface area contributed by atoms with Gasteiger partial charge in [-0.05, 0) is 110 Å². The van der Waals surface area contributed by atoms with E-state index in [1.807, 2.05) is 0 Å². The molecule has 0 amide bonds. The summed E-state index contributed by atoms with van der Waals surface area (Å²) in [6, 6.07) is 0. The van der Waals surface area contributed by atoms with Crippen molar-refractivity contribution < 1.29 is 0 Å². The minimum atomic E-state index is 0.825. The van der Waals surface area contributed by atoms with Crippen LogP contribution in [-0.2, 0) is 0 Å². The molecule has 0 bridgehead atoms. The zero-order valence-corrected chi connectivity index (χ0v) is 23.7. The molecule has 196 valence electrons. The summed E-state index contributed by atoms with van der Waals surface area (Å²) in [5.74, 6) is 10.8. The van der Waals surface area contributed by atoms with E-state index in [-0.39, 0.29) is 0 Å². The molecule has 10 unspecified atom stereocenters. The molecule has 0 nitrogen and oxygen atoms in total. The van der Waals surface area contributed by atoms with Gasteiger partial charge in [-0.25, -0.2) is 0 Å². The van der Waals surface area contributed by atoms with E-state index >= 15 is 0 Å². The van der Waals surface area contributed by atoms with Crippen molar-refractivity contribution in [2.75, 3.05) is 0 Å². The molecule has 0 heteroatoms. The highest BCUT2D eigenvalue weighted by atomic mass is 14.7. The van der Waals surface area contributed by atoms with Crippen LogP contribution in [0.3, 0.4) is 0 Å². The minimum Gasteiger partial charge on any atom is -0.0654 e. The molecule has 1 spiro atoms. The Kier molecular flexibility index (Phi) is 8.42. The van der Waals surface area contributed by atoms with Crippen molar-refractivity contribution in [2.45, 2.75) is 150 Å². The van der Waals surface area contributed by atoms with Crippen LogP contribution in [0, 0.1) is 64.6 Å². The van der Waals surface area contributed by atoms with Gasteiger partial charge in [0.05, 0.1) is 0 Å². The summed E-state index contributed by atoms with van der Waals surface area (Å²) >= 11 is 0. The van der Waals surface area contributed by atoms with E-state index < -0.39 is 0 Å². The summed E-state index contributed by atoms with van der Waals surface area (Å²) in [5, 5.41) is 0. The van der Waals surface area contributed by atoms with E-state index in [2.05, 4.69) is 27.7 Å². The van der Waals surface area contributed by atoms with Gasteiger partial charge >= 0.3 is 0 Å². The van der Waals surface area contributed by atoms with E-state index in [9.17, 15) is 0 Å². The molecule has 10 atom stereocenters. The van der Waals surface area contributed by atoms with Crippen molar-refractivity contribution in [1.82, 2.24) is 0 Å². The highest BCUT2D eigenvalue weighted by Crippen LogP contribution is 2.73. The molecule has 0 heterocycles. The highest BCUT2D eigenvalue weighted by molar-refractivity contribution is 5.14. The predicted octanol–water partition coefficient (Wildman–Crippen LogP) is 10.7. The first-order valence-electron chi connectivity index (χ1n) is 16.5. The zero-order valence-electron chi connectivity index (χ0n) is 23.7. The van der Waals surface area contributed by atoms with E-state index in [4.69, 9.17) is 0 Å². The molecule has 5 saturated carbocycles. The highest BCUT2D eigenvalue weighted by Gasteiger charge is 2.65. The third-order valence-electron chi connectivity index (χ3n) is 12.6. The van der Waals surface area contributed by atoms with Crippen LogP contribution in [0.2, 0.25) is 0 Å². The van der Waals surface area contributed by atoms with Crippen LogP contribution < -0.4 is 0 Å². The average Bonchev–Trinajstić information content (AvgIpc) is 3.72. The van der Waals surface area contributed by atoms with Crippen molar-refractivity contribution >= 4 is 0 Å². The van der Waals surface area contributed by atoms with Crippen LogP contribution in [0.15, 0.2) is 0 Å². The van der Waals surface area contributed by atoms with E-state index in [1.54, 1.807) is 77.0 Å². The van der Waals surface area contributed by atoms with Crippen LogP contribution >= 0.6 is 0 Å². The quantitative estimate of drug-likeness (QED) is 0.280. The lowest BCUT2D eigenvalue weighted by atomic mass is 9.67. The Hall–Kier alpha value is 0. The Morgan fingerprint density at radius 1 is 0.765 bits per heavy atom. The molecule has 5 aliphatic carbocycles. The van der Waals surface area contributed by atoms with Crippen molar-refractivity contribution in [3.05, 3.63) is 0 Å². The van der Waals surface area contributed by atoms with Crippen molar-refractivity contribution in [2.24, 2.45) is 64.6 Å². The van der Waals surface area contributed by atoms with Gasteiger partial charge in [0.1, 0.15) is 0 Å². The third kappa shape index (κ3) is 5.77. The van der Waals surface area contributed by atoms with Crippen LogP contribution in [0.25, 0.3) is 0 Å². The summed E-state index contributed by atoms with van der Waals surface area (Å²) in [6.07, 6.45) is 29.6. The smallest absolute Gasteiger partial charge is 0.0260 e. The fraction of sp³-hybridized carbons (Fsp3) is 1.00. The molecule has 0 N–H and O–H groups in total. The van der Waals surface area contributed by atoms with Gasteiger partial charge in [-0.1, -0.05) is 105 Å². The lowest BCUT2D eigenvalue weighted by Crippen LogP contribution is -2.29. The van der Waals surface area contributed by atoms with Gasteiger partial charge in [-0.15, -0.1) is 0 Å². The molecule has 5 fully saturated rings. The van der Waals surface area contributed by atoms with Gasteiger partial charge in [-0.2, -0.15) is 0 Å². The first kappa shape index (κ1) is 25.6. The molecular formula is C34H60. The van der Waals surface area contributed by atoms with Crippen LogP contribution in [0.4, 0.5) is 0 Å². The summed E-state index contributed by atoms with van der Waals surface area (Å²) in [4.78, 5) is 0. The number of unbranched alkanes of at least 4 members (excludes halogenated alkanes) is 1. The normalized spacial score (nSPS) is 46.7. The molecule has 0 aliphatic heterocycles. The van der Waals surface area contributed by atoms with E-state index in [0.29, 0.717) is 0 Å². The fourth-order valence-electron chi connectivity index (χ4n) is 10.3. The van der Waals surface area contributed by atoms with E-state index in [0.717, 1.165) is 64.6 Å². The van der Waals surface area contributed by atoms with E-state index in [1.165, 1.54) is 44.9 Å². The molecular weight excluding hydrogens is 408 g/mol. The summed E-state index contributed by atoms with van der Waals surface area (Å²) < 4.78 is 0. The lowest BCUT2D eigenvalue weighted by Gasteiger charge is -2.38. The number of rotatable bonds is 10. The topological polar surface area (TPSA) is 0 Å². The Bertz CT molecular complexity index is 634. The minimum absolute atomic E-state index is 0.825. The lowest BCUT2D eigenvalue weighted by molar-refractivity contribution is 0.121. The Morgan fingerprint density at radius 2 is 1.53 bits per heavy atom. The van der Waals surface area contributed by atoms with Gasteiger partial charge < -0.3 is 0 Å². The third-order valence-corrected chi connectivity index (χ3v) is 12.6. The molecule has 34 heavy (non-hydrogen) atoms. The maximum Gasteiger partial charge on any atom is -0.0260 e. The molecule has 0 aromatic heterocycles. The summed E-state index contributed by atoms with van der Waals surface area (Å²) in [7, 11) is 0. The predicted molar refractivity (Wildman–Crippen MR) is 148 cm³/mol. The van der Waals surface area contributed by atoms with Gasteiger partial charge in [-0.3, -0.25) is 0 Å². The maximum atomic E-state index is 2.55. The van der Waals surface area contributed by atoms with Gasteiger partial charge in [0.15, 0.2) is 0 Å². The second kappa shape index (κ2) is 11.2. The van der Waals surface area contributed by atoms with Crippen molar-refractivity contribution in [1.29, 1.82) is 0 Å². The van der Waals surface area contributed by atoms with Crippen molar-refractivity contribution in [3.8, 4) is 0 Å². The Morgan fingerprint density at radius 3 is 2.26 bits per heavy atom. The first-order chi connectivity index (χ1) is 16.5. The van der Waals surface area contributed by atoms with Crippen molar-refractivity contribution in [3.63, 3.8) is 0 Å². The molecule has 0 aromatic carbocycles. The average molecular weight is 469 g/mol. The van der Waals surface area contributed by atoms with Gasteiger partial charge in [0, 0.05) is 0 Å². The van der Waals surface area contributed by atoms with Crippen LogP contribution in [0.1, 0.15) is 150 Å². The largest absolute Gasteiger partial charge is 0.0654 e. The molecule has 5 aliphatic rings. The Balaban J connectivity index is 1.03. The number of hydrogen-bond acceptors (Lipinski definition) is 0. The summed E-state index contributed by atoms with van der Waals surface area (Å²) in [5.41, 5.74) is 0.825. The standard InChI is InChI=1S/C34H60/c1-5-6-12-27-13-8-7-9-14-28(27)15-10-11-26-16-17-29(20-26)30-21-31(30)33-23-34(33)19-18-25(4)32(22-34)24(2)3/h24-33H,5-23H2,1-4H3. The Labute approximate surface area is 214 Å². The first-order valence-corrected chi connectivity index (χ1v) is 16.5. The second-order valence-corrected chi connectivity index (χ2v) is 15.0. The monoisotopic (exact) mass is 468 g/mol. The second-order valence-electron chi connectivity index (χ2n) is 15.0. The molecule has 5 rings (SSSR count). The van der Waals surface area contributed by atoms with Crippen LogP contribution in [0.5, 0.6) is 0 Å². The summed E-state index contributed by atoms with van der Waals surface area (Å²) in [6.45, 7) is 9.93. The number of hydrogen-bond donors (Lipinski definition) is 0. The molecule has 0 aromatic rings. The fourth-order valence-corrected chi connectivity index (χ4v) is 10.3. The maximum absolute atomic E-state index is 2.55. The molecule has 0 radical (unpaired) electrons. The van der Waals surface area contributed by atoms with Gasteiger partial charge in [0.25, 0.3) is 0 Å². The van der Waals surface area contributed by atoms with Crippen LogP contribution in [-0.4, -0.2) is 0 Å². The zero-order chi connectivity index (χ0) is 23.7. The SMILES string of the molecule is CCCCC1CCCCCC1CCCC1CCC(C2CC2C2CC23CCC(C)C(C(C)C)C3)C1. The molecule has 0 saturated heterocycles. The van der Waals surface area contributed by atoms with Gasteiger partial charge in [0.2, 0.25) is 0 Å².